The van der Waals surface area contributed by atoms with Gasteiger partial charge in [0.05, 0.1) is 10.5 Å². The van der Waals surface area contributed by atoms with E-state index in [1.165, 1.54) is 0 Å². The van der Waals surface area contributed by atoms with Crippen LogP contribution < -0.4 is 0 Å². The zero-order valence-corrected chi connectivity index (χ0v) is 11.5. The topological polar surface area (TPSA) is 46.4 Å². The molecule has 0 spiro atoms. The van der Waals surface area contributed by atoms with Crippen LogP contribution in [-0.4, -0.2) is 16.9 Å². The van der Waals surface area contributed by atoms with Gasteiger partial charge < -0.3 is 4.90 Å². The molecule has 0 aromatic heterocycles. The molecule has 16 heavy (non-hydrogen) atoms. The lowest BCUT2D eigenvalue weighted by Gasteiger charge is -2.25. The predicted molar refractivity (Wildman–Crippen MR) is 73.6 cm³/mol. The summed E-state index contributed by atoms with van der Waals surface area (Å²) in [6.45, 7) is 2.69. The Kier molecular flexibility index (Phi) is 3.90. The third-order valence-electron chi connectivity index (χ3n) is 2.73. The van der Waals surface area contributed by atoms with Crippen LogP contribution in [0.15, 0.2) is 23.9 Å². The second-order valence-electron chi connectivity index (χ2n) is 3.75. The number of hydrogen-bond donors (Lipinski definition) is 0. The first kappa shape index (κ1) is 13.0. The van der Waals surface area contributed by atoms with Crippen LogP contribution in [0.4, 0.5) is 5.69 Å². The van der Waals surface area contributed by atoms with E-state index in [0.29, 0.717) is 0 Å². The summed E-state index contributed by atoms with van der Waals surface area (Å²) in [5.41, 5.74) is 3.01. The molecule has 1 aliphatic rings. The molecule has 0 saturated heterocycles. The van der Waals surface area contributed by atoms with E-state index in [4.69, 9.17) is 0 Å². The molecule has 2 rings (SSSR count). The highest BCUT2D eigenvalue weighted by molar-refractivity contribution is 14.0. The quantitative estimate of drug-likeness (QED) is 0.451. The number of nitro benzene ring substituents is 1. The third kappa shape index (κ3) is 2.18. The fourth-order valence-electron chi connectivity index (χ4n) is 1.76. The van der Waals surface area contributed by atoms with Gasteiger partial charge in [-0.15, -0.1) is 24.0 Å². The molecule has 0 saturated carbocycles. The summed E-state index contributed by atoms with van der Waals surface area (Å²) in [5, 5.41) is 10.8. The number of allylic oxidation sites excluding steroid dienone is 1. The standard InChI is InChI=1S/C11H12N2O2.HI/c1-8-6-10-9(7-12(8)2)4-3-5-11(10)13(14)15;/h3-6H,7H2,1-2H3;1H. The van der Waals surface area contributed by atoms with E-state index >= 15 is 0 Å². The van der Waals surface area contributed by atoms with E-state index in [1.54, 1.807) is 12.1 Å². The first-order chi connectivity index (χ1) is 7.09. The molecule has 4 nitrogen and oxygen atoms in total. The van der Waals surface area contributed by atoms with E-state index in [-0.39, 0.29) is 34.6 Å². The van der Waals surface area contributed by atoms with Gasteiger partial charge in [0, 0.05) is 25.4 Å². The van der Waals surface area contributed by atoms with Gasteiger partial charge in [0.2, 0.25) is 0 Å². The Bertz CT molecular complexity index is 457. The molecule has 1 aliphatic heterocycles. The molecule has 0 N–H and O–H groups in total. The van der Waals surface area contributed by atoms with E-state index in [9.17, 15) is 10.1 Å². The number of nitrogens with zero attached hydrogens (tertiary/aromatic N) is 2. The molecule has 1 aromatic rings. The Morgan fingerprint density at radius 1 is 1.44 bits per heavy atom. The molecule has 0 atom stereocenters. The predicted octanol–water partition coefficient (Wildman–Crippen LogP) is 3.02. The van der Waals surface area contributed by atoms with Crippen LogP contribution in [0.3, 0.4) is 0 Å². The van der Waals surface area contributed by atoms with Crippen LogP contribution in [0.25, 0.3) is 6.08 Å². The number of halogens is 1. The van der Waals surface area contributed by atoms with Crippen molar-refractivity contribution in [2.45, 2.75) is 13.5 Å². The number of benzene rings is 1. The van der Waals surface area contributed by atoms with Crippen LogP contribution in [0, 0.1) is 10.1 Å². The van der Waals surface area contributed by atoms with Crippen molar-refractivity contribution in [2.24, 2.45) is 0 Å². The molecule has 0 fully saturated rings. The molecule has 86 valence electrons. The normalized spacial score (nSPS) is 13.6. The minimum atomic E-state index is -0.325. The van der Waals surface area contributed by atoms with Crippen molar-refractivity contribution in [3.8, 4) is 0 Å². The van der Waals surface area contributed by atoms with Crippen molar-refractivity contribution >= 4 is 35.7 Å². The van der Waals surface area contributed by atoms with Gasteiger partial charge >= 0.3 is 0 Å². The highest BCUT2D eigenvalue weighted by Crippen LogP contribution is 2.30. The van der Waals surface area contributed by atoms with E-state index in [0.717, 1.165) is 23.4 Å². The van der Waals surface area contributed by atoms with Crippen molar-refractivity contribution in [3.05, 3.63) is 45.1 Å². The zero-order valence-electron chi connectivity index (χ0n) is 9.14. The molecule has 5 heteroatoms. The molecular weight excluding hydrogens is 319 g/mol. The van der Waals surface area contributed by atoms with Crippen LogP contribution in [-0.2, 0) is 6.54 Å². The number of rotatable bonds is 1. The smallest absolute Gasteiger partial charge is 0.276 e. The Hall–Kier alpha value is -1.11. The van der Waals surface area contributed by atoms with Crippen molar-refractivity contribution in [3.63, 3.8) is 0 Å². The van der Waals surface area contributed by atoms with Crippen LogP contribution in [0.1, 0.15) is 18.1 Å². The fraction of sp³-hybridized carbons (Fsp3) is 0.273. The first-order valence-electron chi connectivity index (χ1n) is 4.75. The van der Waals surface area contributed by atoms with Gasteiger partial charge in [-0.25, -0.2) is 0 Å². The molecule has 1 heterocycles. The zero-order chi connectivity index (χ0) is 11.0. The lowest BCUT2D eigenvalue weighted by Crippen LogP contribution is -2.19. The summed E-state index contributed by atoms with van der Waals surface area (Å²) in [6.07, 6.45) is 1.87. The largest absolute Gasteiger partial charge is 0.374 e. The van der Waals surface area contributed by atoms with Crippen LogP contribution in [0.5, 0.6) is 0 Å². The molecular formula is C11H13IN2O2. The maximum Gasteiger partial charge on any atom is 0.276 e. The lowest BCUT2D eigenvalue weighted by molar-refractivity contribution is -0.385. The fourth-order valence-corrected chi connectivity index (χ4v) is 1.76. The summed E-state index contributed by atoms with van der Waals surface area (Å²) in [7, 11) is 1.98. The summed E-state index contributed by atoms with van der Waals surface area (Å²) < 4.78 is 0. The summed E-state index contributed by atoms with van der Waals surface area (Å²) >= 11 is 0. The van der Waals surface area contributed by atoms with Gasteiger partial charge in [-0.05, 0) is 18.6 Å². The van der Waals surface area contributed by atoms with Gasteiger partial charge in [0.15, 0.2) is 0 Å². The Balaban J connectivity index is 0.00000128. The summed E-state index contributed by atoms with van der Waals surface area (Å²) in [4.78, 5) is 12.6. The van der Waals surface area contributed by atoms with Gasteiger partial charge in [0.1, 0.15) is 0 Å². The Labute approximate surface area is 111 Å². The van der Waals surface area contributed by atoms with E-state index in [2.05, 4.69) is 4.90 Å². The average molecular weight is 332 g/mol. The van der Waals surface area contributed by atoms with Gasteiger partial charge in [-0.3, -0.25) is 10.1 Å². The summed E-state index contributed by atoms with van der Waals surface area (Å²) in [5.74, 6) is 0. The minimum Gasteiger partial charge on any atom is -0.374 e. The summed E-state index contributed by atoms with van der Waals surface area (Å²) in [6, 6.07) is 5.22. The highest BCUT2D eigenvalue weighted by atomic mass is 127. The number of hydrogen-bond acceptors (Lipinski definition) is 3. The van der Waals surface area contributed by atoms with Gasteiger partial charge in [0.25, 0.3) is 5.69 Å². The SMILES string of the molecule is CC1=Cc2c(cccc2[N+](=O)[O-])CN1C.I. The molecule has 0 aliphatic carbocycles. The molecule has 0 bridgehead atoms. The minimum absolute atomic E-state index is 0. The molecule has 1 aromatic carbocycles. The second kappa shape index (κ2) is 4.82. The van der Waals surface area contributed by atoms with Gasteiger partial charge in [-0.2, -0.15) is 0 Å². The molecule has 0 radical (unpaired) electrons. The molecule has 0 unspecified atom stereocenters. The lowest BCUT2D eigenvalue weighted by atomic mass is 10.0. The van der Waals surface area contributed by atoms with Crippen molar-refractivity contribution in [2.75, 3.05) is 7.05 Å². The highest BCUT2D eigenvalue weighted by Gasteiger charge is 2.20. The maximum absolute atomic E-state index is 10.8. The first-order valence-corrected chi connectivity index (χ1v) is 4.75. The average Bonchev–Trinajstić information content (AvgIpc) is 2.18. The Morgan fingerprint density at radius 2 is 2.12 bits per heavy atom. The monoisotopic (exact) mass is 332 g/mol. The van der Waals surface area contributed by atoms with E-state index < -0.39 is 0 Å². The third-order valence-corrected chi connectivity index (χ3v) is 2.73. The van der Waals surface area contributed by atoms with Crippen LogP contribution in [0.2, 0.25) is 0 Å². The number of nitro groups is 1. The Morgan fingerprint density at radius 3 is 2.75 bits per heavy atom. The maximum atomic E-state index is 10.8. The molecule has 0 amide bonds. The van der Waals surface area contributed by atoms with Crippen LogP contribution >= 0.6 is 24.0 Å². The van der Waals surface area contributed by atoms with Gasteiger partial charge in [-0.1, -0.05) is 12.1 Å². The number of fused-ring (bicyclic) bond motifs is 1. The van der Waals surface area contributed by atoms with Crippen molar-refractivity contribution in [1.29, 1.82) is 0 Å². The second-order valence-corrected chi connectivity index (χ2v) is 3.75. The van der Waals surface area contributed by atoms with Crippen molar-refractivity contribution < 1.29 is 4.92 Å². The van der Waals surface area contributed by atoms with E-state index in [1.807, 2.05) is 26.1 Å². The van der Waals surface area contributed by atoms with Crippen molar-refractivity contribution in [1.82, 2.24) is 4.90 Å².